The molecule has 0 aromatic carbocycles. The number of aliphatic hydroxyl groups excluding tert-OH is 1. The predicted octanol–water partition coefficient (Wildman–Crippen LogP) is -1.66. The van der Waals surface area contributed by atoms with Crippen molar-refractivity contribution in [2.45, 2.75) is 122 Å². The molecule has 12 atom stereocenters. The molecule has 0 unspecified atom stereocenters. The van der Waals surface area contributed by atoms with Gasteiger partial charge in [-0.3, -0.25) is 33.6 Å². The van der Waals surface area contributed by atoms with Gasteiger partial charge in [0.1, 0.15) is 12.2 Å². The van der Waals surface area contributed by atoms with Gasteiger partial charge in [0.2, 0.25) is 0 Å². The average Bonchev–Trinajstić information content (AvgIpc) is 2.96. The minimum Gasteiger partial charge on any atom is -0.456 e. The lowest BCUT2D eigenvalue weighted by molar-refractivity contribution is -0.349. The van der Waals surface area contributed by atoms with Crippen LogP contribution in [0.4, 0.5) is 0 Å². The Morgan fingerprint density at radius 1 is 0.408 bits per heavy atom. The predicted molar refractivity (Wildman–Crippen MR) is 150 cm³/mol. The van der Waals surface area contributed by atoms with E-state index in [0.717, 1.165) is 48.5 Å². The Bertz CT molecular complexity index is 1240. The van der Waals surface area contributed by atoms with Gasteiger partial charge in [-0.25, -0.2) is 0 Å². The number of hydrogen-bond donors (Lipinski definition) is 1. The van der Waals surface area contributed by atoms with Crippen molar-refractivity contribution < 1.29 is 95.5 Å². The molecule has 0 amide bonds. The molecule has 3 aliphatic rings. The van der Waals surface area contributed by atoms with E-state index in [9.17, 15) is 38.7 Å². The normalized spacial score (nSPS) is 34.4. The lowest BCUT2D eigenvalue weighted by Crippen LogP contribution is -2.64. The minimum atomic E-state index is -1.70. The van der Waals surface area contributed by atoms with Gasteiger partial charge < -0.3 is 61.9 Å². The maximum Gasteiger partial charge on any atom is 0.303 e. The molecule has 276 valence electrons. The van der Waals surface area contributed by atoms with Gasteiger partial charge in [0.15, 0.2) is 61.6 Å². The highest BCUT2D eigenvalue weighted by Gasteiger charge is 2.54. The number of esters is 7. The second-order valence-corrected chi connectivity index (χ2v) is 11.1. The van der Waals surface area contributed by atoms with Gasteiger partial charge in [0.25, 0.3) is 0 Å². The largest absolute Gasteiger partial charge is 0.456 e. The standard InChI is InChI=1S/C29H40O20/c1-11(30)41-18-9-39-28(25(46-16(6)35)22(18)43-13(3)32)49-20-10-40-29(26(47-17(7)36)23(20)44-14(4)33)48-19-8-38-27(37)24(45-15(5)34)21(19)42-12(2)31/h18-29,37H,8-10H2,1-7H3/t18-,19-,20+,21+,22+,23+,24-,25-,26-,27-,28+,29+/m1/s1. The molecular weight excluding hydrogens is 668 g/mol. The van der Waals surface area contributed by atoms with E-state index in [2.05, 4.69) is 0 Å². The minimum absolute atomic E-state index is 0.389. The molecular formula is C29H40O20. The number of carbonyl (C=O) groups is 7. The third-order valence-corrected chi connectivity index (χ3v) is 6.92. The average molecular weight is 709 g/mol. The zero-order valence-electron chi connectivity index (χ0n) is 27.8. The van der Waals surface area contributed by atoms with Gasteiger partial charge in [-0.2, -0.15) is 0 Å². The zero-order chi connectivity index (χ0) is 36.6. The SMILES string of the molecule is CC(=O)O[C@@H]1[C@@H](OC(C)=O)[C@H](O[C@@H]2OC[C@H](O[C@@H]3OC[C@@H](OC(C)=O)[C@H](OC(C)=O)[C@H]3OC(C)=O)[C@H](OC(C)=O)[C@H]2OC(C)=O)CO[C@H]1O. The van der Waals surface area contributed by atoms with Gasteiger partial charge in [-0.05, 0) is 0 Å². The van der Waals surface area contributed by atoms with E-state index < -0.39 is 129 Å². The fraction of sp³-hybridized carbons (Fsp3) is 0.759. The van der Waals surface area contributed by atoms with Crippen molar-refractivity contribution in [3.05, 3.63) is 0 Å². The van der Waals surface area contributed by atoms with Crippen LogP contribution in [-0.4, -0.2) is 141 Å². The number of rotatable bonds is 11. The van der Waals surface area contributed by atoms with Gasteiger partial charge in [-0.15, -0.1) is 0 Å². The van der Waals surface area contributed by atoms with Gasteiger partial charge in [0, 0.05) is 48.5 Å². The van der Waals surface area contributed by atoms with Crippen LogP contribution in [0, 0.1) is 0 Å². The molecule has 3 heterocycles. The molecule has 0 aliphatic carbocycles. The third kappa shape index (κ3) is 11.3. The van der Waals surface area contributed by atoms with E-state index in [0.29, 0.717) is 0 Å². The molecule has 0 saturated carbocycles. The summed E-state index contributed by atoms with van der Waals surface area (Å²) in [5.74, 6) is -5.80. The van der Waals surface area contributed by atoms with E-state index in [1.165, 1.54) is 0 Å². The fourth-order valence-corrected chi connectivity index (χ4v) is 5.32. The Morgan fingerprint density at radius 3 is 1.08 bits per heavy atom. The van der Waals surface area contributed by atoms with Crippen molar-refractivity contribution in [1.29, 1.82) is 0 Å². The van der Waals surface area contributed by atoms with Crippen LogP contribution < -0.4 is 0 Å². The highest BCUT2D eigenvalue weighted by molar-refractivity contribution is 5.69. The van der Waals surface area contributed by atoms with Crippen LogP contribution in [0.3, 0.4) is 0 Å². The Hall–Kier alpha value is -3.95. The number of ether oxygens (including phenoxy) is 12. The molecule has 3 saturated heterocycles. The van der Waals surface area contributed by atoms with Crippen molar-refractivity contribution in [1.82, 2.24) is 0 Å². The molecule has 0 radical (unpaired) electrons. The van der Waals surface area contributed by atoms with Crippen LogP contribution in [0.2, 0.25) is 0 Å². The summed E-state index contributed by atoms with van der Waals surface area (Å²) in [6.45, 7) is 6.19. The highest BCUT2D eigenvalue weighted by Crippen LogP contribution is 2.33. The van der Waals surface area contributed by atoms with Crippen LogP contribution in [0.1, 0.15) is 48.5 Å². The Kier molecular flexibility index (Phi) is 14.2. The van der Waals surface area contributed by atoms with Crippen molar-refractivity contribution in [3.8, 4) is 0 Å². The first-order chi connectivity index (χ1) is 23.0. The van der Waals surface area contributed by atoms with E-state index in [1.807, 2.05) is 0 Å². The molecule has 1 N–H and O–H groups in total. The Balaban J connectivity index is 1.93. The summed E-state index contributed by atoms with van der Waals surface area (Å²) in [5, 5.41) is 10.3. The first kappa shape index (κ1) is 39.5. The lowest BCUT2D eigenvalue weighted by Gasteiger charge is -2.46. The van der Waals surface area contributed by atoms with Crippen molar-refractivity contribution in [2.24, 2.45) is 0 Å². The van der Waals surface area contributed by atoms with Crippen molar-refractivity contribution in [2.75, 3.05) is 19.8 Å². The van der Waals surface area contributed by atoms with Gasteiger partial charge in [0.05, 0.1) is 19.8 Å². The van der Waals surface area contributed by atoms with E-state index >= 15 is 0 Å². The van der Waals surface area contributed by atoms with Crippen LogP contribution in [0.25, 0.3) is 0 Å². The first-order valence-corrected chi connectivity index (χ1v) is 15.0. The number of hydrogen-bond acceptors (Lipinski definition) is 20. The molecule has 0 aromatic heterocycles. The molecule has 3 aliphatic heterocycles. The van der Waals surface area contributed by atoms with Crippen LogP contribution in [0.5, 0.6) is 0 Å². The smallest absolute Gasteiger partial charge is 0.303 e. The molecule has 20 nitrogen and oxygen atoms in total. The zero-order valence-corrected chi connectivity index (χ0v) is 27.8. The lowest BCUT2D eigenvalue weighted by atomic mass is 10.0. The van der Waals surface area contributed by atoms with E-state index in [4.69, 9.17) is 56.8 Å². The summed E-state index contributed by atoms with van der Waals surface area (Å²) in [6.07, 6.45) is -17.7. The van der Waals surface area contributed by atoms with Crippen molar-refractivity contribution in [3.63, 3.8) is 0 Å². The van der Waals surface area contributed by atoms with E-state index in [1.54, 1.807) is 0 Å². The molecule has 0 aromatic rings. The molecule has 3 rings (SSSR count). The molecule has 20 heteroatoms. The van der Waals surface area contributed by atoms with Gasteiger partial charge >= 0.3 is 41.8 Å². The quantitative estimate of drug-likeness (QED) is 0.186. The first-order valence-electron chi connectivity index (χ1n) is 15.0. The molecule has 0 bridgehead atoms. The summed E-state index contributed by atoms with van der Waals surface area (Å²) in [5.41, 5.74) is 0. The second-order valence-electron chi connectivity index (χ2n) is 11.1. The van der Waals surface area contributed by atoms with Crippen LogP contribution >= 0.6 is 0 Å². The summed E-state index contributed by atoms with van der Waals surface area (Å²) in [7, 11) is 0. The Morgan fingerprint density at radius 2 is 0.694 bits per heavy atom. The molecule has 0 spiro atoms. The molecule has 49 heavy (non-hydrogen) atoms. The molecule has 3 fully saturated rings. The third-order valence-electron chi connectivity index (χ3n) is 6.92. The summed E-state index contributed by atoms with van der Waals surface area (Å²) < 4.78 is 66.1. The van der Waals surface area contributed by atoms with E-state index in [-0.39, 0.29) is 6.61 Å². The maximum atomic E-state index is 12.3. The number of aliphatic hydroxyl groups is 1. The summed E-state index contributed by atoms with van der Waals surface area (Å²) in [6, 6.07) is 0. The maximum absolute atomic E-state index is 12.3. The fourth-order valence-electron chi connectivity index (χ4n) is 5.32. The second kappa shape index (κ2) is 17.6. The summed E-state index contributed by atoms with van der Waals surface area (Å²) >= 11 is 0. The number of carbonyl (C=O) groups excluding carboxylic acids is 7. The monoisotopic (exact) mass is 708 g/mol. The Labute approximate surface area is 279 Å². The summed E-state index contributed by atoms with van der Waals surface area (Å²) in [4.78, 5) is 84.0. The topological polar surface area (TPSA) is 250 Å². The van der Waals surface area contributed by atoms with Gasteiger partial charge in [-0.1, -0.05) is 0 Å². The van der Waals surface area contributed by atoms with Crippen LogP contribution in [-0.2, 0) is 90.4 Å². The van der Waals surface area contributed by atoms with Crippen LogP contribution in [0.15, 0.2) is 0 Å². The highest BCUT2D eigenvalue weighted by atomic mass is 16.8. The van der Waals surface area contributed by atoms with Crippen molar-refractivity contribution >= 4 is 41.8 Å².